The summed E-state index contributed by atoms with van der Waals surface area (Å²) < 4.78 is 16.0. The number of ether oxygens (including phenoxy) is 3. The van der Waals surface area contributed by atoms with Crippen molar-refractivity contribution in [2.45, 2.75) is 6.54 Å². The van der Waals surface area contributed by atoms with Gasteiger partial charge in [0.05, 0.1) is 32.6 Å². The monoisotopic (exact) mass is 434 g/mol. The number of hydrogen-bond acceptors (Lipinski definition) is 5. The van der Waals surface area contributed by atoms with E-state index in [0.717, 1.165) is 5.56 Å². The first kappa shape index (κ1) is 22.7. The molecule has 0 saturated carbocycles. The summed E-state index contributed by atoms with van der Waals surface area (Å²) in [5.41, 5.74) is 2.13. The number of nitrogens with one attached hydrogen (secondary N) is 1. The van der Waals surface area contributed by atoms with Gasteiger partial charge in [0.15, 0.2) is 11.5 Å². The smallest absolute Gasteiger partial charge is 0.256 e. The Labute approximate surface area is 187 Å². The van der Waals surface area contributed by atoms with E-state index in [2.05, 4.69) is 5.32 Å². The lowest BCUT2D eigenvalue weighted by atomic mass is 10.1. The van der Waals surface area contributed by atoms with Crippen LogP contribution >= 0.6 is 0 Å². The van der Waals surface area contributed by atoms with Crippen LogP contribution in [0.3, 0.4) is 0 Å². The highest BCUT2D eigenvalue weighted by atomic mass is 16.5. The minimum Gasteiger partial charge on any atom is -0.493 e. The molecule has 0 aliphatic carbocycles. The standard InChI is InChI=1S/C25H26N2O5/c1-27(16-17-10-6-5-7-11-17)25(29)19-12-8-9-13-20(19)26-24(28)18-14-21(30-2)23(32-4)22(15-18)31-3/h5-15H,16H2,1-4H3,(H,26,28). The first-order valence-corrected chi connectivity index (χ1v) is 9.98. The zero-order valence-electron chi connectivity index (χ0n) is 18.5. The lowest BCUT2D eigenvalue weighted by Gasteiger charge is -2.20. The van der Waals surface area contributed by atoms with Crippen LogP contribution in [0.5, 0.6) is 17.2 Å². The molecular formula is C25H26N2O5. The highest BCUT2D eigenvalue weighted by Gasteiger charge is 2.20. The van der Waals surface area contributed by atoms with Crippen LogP contribution in [0.2, 0.25) is 0 Å². The van der Waals surface area contributed by atoms with E-state index < -0.39 is 5.91 Å². The lowest BCUT2D eigenvalue weighted by Crippen LogP contribution is -2.27. The number of amides is 2. The molecule has 32 heavy (non-hydrogen) atoms. The molecule has 0 aromatic heterocycles. The Kier molecular flexibility index (Phi) is 7.33. The number of carbonyl (C=O) groups excluding carboxylic acids is 2. The molecule has 3 aromatic rings. The predicted octanol–water partition coefficient (Wildman–Crippen LogP) is 4.24. The van der Waals surface area contributed by atoms with Gasteiger partial charge in [-0.2, -0.15) is 0 Å². The number of anilines is 1. The molecule has 2 amide bonds. The maximum Gasteiger partial charge on any atom is 0.256 e. The van der Waals surface area contributed by atoms with Gasteiger partial charge >= 0.3 is 0 Å². The molecule has 3 rings (SSSR count). The summed E-state index contributed by atoms with van der Waals surface area (Å²) in [6.45, 7) is 0.453. The fraction of sp³-hybridized carbons (Fsp3) is 0.200. The van der Waals surface area contributed by atoms with Gasteiger partial charge in [0.1, 0.15) is 0 Å². The highest BCUT2D eigenvalue weighted by molar-refractivity contribution is 6.09. The van der Waals surface area contributed by atoms with Gasteiger partial charge in [0.25, 0.3) is 11.8 Å². The Balaban J connectivity index is 1.85. The third-order valence-electron chi connectivity index (χ3n) is 4.94. The van der Waals surface area contributed by atoms with Gasteiger partial charge < -0.3 is 24.4 Å². The molecule has 0 aliphatic rings. The number of nitrogens with zero attached hydrogens (tertiary/aromatic N) is 1. The molecule has 7 heteroatoms. The Bertz CT molecular complexity index is 1070. The van der Waals surface area contributed by atoms with Crippen molar-refractivity contribution in [3.05, 3.63) is 83.4 Å². The Morgan fingerprint density at radius 2 is 1.44 bits per heavy atom. The van der Waals surface area contributed by atoms with Crippen LogP contribution in [0.25, 0.3) is 0 Å². The van der Waals surface area contributed by atoms with Crippen LogP contribution in [0.15, 0.2) is 66.7 Å². The van der Waals surface area contributed by atoms with E-state index in [1.807, 2.05) is 30.3 Å². The molecule has 7 nitrogen and oxygen atoms in total. The van der Waals surface area contributed by atoms with Crippen molar-refractivity contribution < 1.29 is 23.8 Å². The topological polar surface area (TPSA) is 77.1 Å². The molecule has 1 N–H and O–H groups in total. The molecule has 0 heterocycles. The van der Waals surface area contributed by atoms with Gasteiger partial charge in [-0.25, -0.2) is 0 Å². The summed E-state index contributed by atoms with van der Waals surface area (Å²) in [6.07, 6.45) is 0. The van der Waals surface area contributed by atoms with Crippen LogP contribution in [0.4, 0.5) is 5.69 Å². The largest absolute Gasteiger partial charge is 0.493 e. The van der Waals surface area contributed by atoms with Crippen molar-refractivity contribution in [3.63, 3.8) is 0 Å². The number of para-hydroxylation sites is 1. The third-order valence-corrected chi connectivity index (χ3v) is 4.94. The summed E-state index contributed by atoms with van der Waals surface area (Å²) in [5, 5.41) is 2.83. The minimum atomic E-state index is -0.407. The second kappa shape index (κ2) is 10.3. The molecule has 3 aromatic carbocycles. The maximum absolute atomic E-state index is 13.1. The van der Waals surface area contributed by atoms with E-state index in [0.29, 0.717) is 40.6 Å². The SMILES string of the molecule is COc1cc(C(=O)Nc2ccccc2C(=O)N(C)Cc2ccccc2)cc(OC)c1OC. The number of carbonyl (C=O) groups is 2. The van der Waals surface area contributed by atoms with Crippen molar-refractivity contribution in [1.82, 2.24) is 4.90 Å². The average molecular weight is 434 g/mol. The fourth-order valence-corrected chi connectivity index (χ4v) is 3.32. The molecule has 0 radical (unpaired) electrons. The number of rotatable bonds is 8. The predicted molar refractivity (Wildman–Crippen MR) is 123 cm³/mol. The Morgan fingerprint density at radius 3 is 2.03 bits per heavy atom. The van der Waals surface area contributed by atoms with Gasteiger partial charge in [-0.15, -0.1) is 0 Å². The van der Waals surface area contributed by atoms with E-state index in [1.54, 1.807) is 48.3 Å². The molecule has 0 saturated heterocycles. The molecule has 0 fully saturated rings. The summed E-state index contributed by atoms with van der Waals surface area (Å²) in [7, 11) is 6.19. The number of hydrogen-bond donors (Lipinski definition) is 1. The molecule has 0 atom stereocenters. The van der Waals surface area contributed by atoms with Crippen molar-refractivity contribution in [2.75, 3.05) is 33.7 Å². The van der Waals surface area contributed by atoms with Crippen LogP contribution in [0, 0.1) is 0 Å². The van der Waals surface area contributed by atoms with Crippen molar-refractivity contribution in [1.29, 1.82) is 0 Å². The molecule has 0 unspecified atom stereocenters. The average Bonchev–Trinajstić information content (AvgIpc) is 2.83. The van der Waals surface area contributed by atoms with Gasteiger partial charge in [-0.3, -0.25) is 9.59 Å². The van der Waals surface area contributed by atoms with Gasteiger partial charge in [-0.1, -0.05) is 42.5 Å². The molecule has 166 valence electrons. The van der Waals surface area contributed by atoms with Crippen LogP contribution in [-0.4, -0.2) is 45.1 Å². The molecule has 0 aliphatic heterocycles. The van der Waals surface area contributed by atoms with E-state index in [1.165, 1.54) is 21.3 Å². The Hall–Kier alpha value is -4.00. The quantitative estimate of drug-likeness (QED) is 0.574. The van der Waals surface area contributed by atoms with E-state index in [-0.39, 0.29) is 5.91 Å². The highest BCUT2D eigenvalue weighted by Crippen LogP contribution is 2.38. The Morgan fingerprint density at radius 1 is 0.844 bits per heavy atom. The van der Waals surface area contributed by atoms with Crippen LogP contribution in [0.1, 0.15) is 26.3 Å². The number of benzene rings is 3. The van der Waals surface area contributed by atoms with Gasteiger partial charge in [0, 0.05) is 19.2 Å². The van der Waals surface area contributed by atoms with E-state index in [9.17, 15) is 9.59 Å². The van der Waals surface area contributed by atoms with Gasteiger partial charge in [-0.05, 0) is 29.8 Å². The summed E-state index contributed by atoms with van der Waals surface area (Å²) in [5.74, 6) is 0.516. The summed E-state index contributed by atoms with van der Waals surface area (Å²) in [6, 6.07) is 19.7. The zero-order chi connectivity index (χ0) is 23.1. The summed E-state index contributed by atoms with van der Waals surface area (Å²) in [4.78, 5) is 27.7. The summed E-state index contributed by atoms with van der Waals surface area (Å²) >= 11 is 0. The normalized spacial score (nSPS) is 10.2. The second-order valence-electron chi connectivity index (χ2n) is 7.06. The van der Waals surface area contributed by atoms with Crippen molar-refractivity contribution in [2.24, 2.45) is 0 Å². The first-order chi connectivity index (χ1) is 15.5. The number of methoxy groups -OCH3 is 3. The van der Waals surface area contributed by atoms with Crippen molar-refractivity contribution in [3.8, 4) is 17.2 Å². The third kappa shape index (κ3) is 5.00. The van der Waals surface area contributed by atoms with Crippen LogP contribution in [-0.2, 0) is 6.54 Å². The van der Waals surface area contributed by atoms with E-state index >= 15 is 0 Å². The van der Waals surface area contributed by atoms with E-state index in [4.69, 9.17) is 14.2 Å². The minimum absolute atomic E-state index is 0.199. The zero-order valence-corrected chi connectivity index (χ0v) is 18.5. The van der Waals surface area contributed by atoms with Gasteiger partial charge in [0.2, 0.25) is 5.75 Å². The molecule has 0 bridgehead atoms. The first-order valence-electron chi connectivity index (χ1n) is 9.98. The van der Waals surface area contributed by atoms with Crippen LogP contribution < -0.4 is 19.5 Å². The fourth-order valence-electron chi connectivity index (χ4n) is 3.32. The van der Waals surface area contributed by atoms with Crippen molar-refractivity contribution >= 4 is 17.5 Å². The molecule has 0 spiro atoms. The molecular weight excluding hydrogens is 408 g/mol. The second-order valence-corrected chi connectivity index (χ2v) is 7.06. The lowest BCUT2D eigenvalue weighted by molar-refractivity contribution is 0.0786. The maximum atomic E-state index is 13.1.